The van der Waals surface area contributed by atoms with Crippen molar-refractivity contribution in [2.24, 2.45) is 9.81 Å². The molecular formula is C23H26F3N5O2S. The van der Waals surface area contributed by atoms with Gasteiger partial charge < -0.3 is 14.2 Å². The van der Waals surface area contributed by atoms with E-state index in [0.717, 1.165) is 11.8 Å². The lowest BCUT2D eigenvalue weighted by Gasteiger charge is -2.55. The average Bonchev–Trinajstić information content (AvgIpc) is 3.11. The van der Waals surface area contributed by atoms with E-state index in [1.54, 1.807) is 13.0 Å². The predicted octanol–water partition coefficient (Wildman–Crippen LogP) is 4.32. The van der Waals surface area contributed by atoms with Gasteiger partial charge in [-0.1, -0.05) is 4.40 Å². The van der Waals surface area contributed by atoms with E-state index in [9.17, 15) is 17.7 Å². The number of nitrogens with zero attached hydrogens (tertiary/aromatic N) is 5. The van der Waals surface area contributed by atoms with Crippen LogP contribution in [0.5, 0.6) is 0 Å². The molecule has 0 N–H and O–H groups in total. The summed E-state index contributed by atoms with van der Waals surface area (Å²) in [6.07, 6.45) is -3.57. The lowest BCUT2D eigenvalue weighted by atomic mass is 9.78. The van der Waals surface area contributed by atoms with Gasteiger partial charge in [0, 0.05) is 30.2 Å². The number of anilines is 1. The molecule has 0 radical (unpaired) electrons. The Balaban J connectivity index is 1.73. The van der Waals surface area contributed by atoms with Crippen LogP contribution >= 0.6 is 0 Å². The first-order valence-electron chi connectivity index (χ1n) is 11.0. The summed E-state index contributed by atoms with van der Waals surface area (Å²) in [6, 6.07) is 3.66. The van der Waals surface area contributed by atoms with Crippen molar-refractivity contribution >= 4 is 39.6 Å². The number of fused-ring (bicyclic) bond motifs is 3. The van der Waals surface area contributed by atoms with Gasteiger partial charge in [0.25, 0.3) is 0 Å². The third-order valence-corrected chi connectivity index (χ3v) is 7.69. The van der Waals surface area contributed by atoms with Crippen molar-refractivity contribution in [1.29, 1.82) is 0 Å². The van der Waals surface area contributed by atoms with Gasteiger partial charge in [-0.15, -0.1) is 0 Å². The predicted molar refractivity (Wildman–Crippen MR) is 126 cm³/mol. The van der Waals surface area contributed by atoms with Crippen LogP contribution in [0.15, 0.2) is 22.7 Å². The molecule has 2 aliphatic heterocycles. The highest BCUT2D eigenvalue weighted by Crippen LogP contribution is 2.41. The Morgan fingerprint density at radius 3 is 2.41 bits per heavy atom. The zero-order chi connectivity index (χ0) is 24.6. The Bertz CT molecular complexity index is 1320. The van der Waals surface area contributed by atoms with Crippen molar-refractivity contribution < 1.29 is 22.5 Å². The van der Waals surface area contributed by atoms with Crippen molar-refractivity contribution in [3.05, 3.63) is 35.2 Å². The number of ether oxygens (including phenoxy) is 1. The zero-order valence-electron chi connectivity index (χ0n) is 19.7. The molecular weight excluding hydrogens is 467 g/mol. The Hall–Kier alpha value is -2.37. The van der Waals surface area contributed by atoms with Gasteiger partial charge in [-0.2, -0.15) is 13.2 Å². The second-order valence-corrected chi connectivity index (χ2v) is 12.2. The van der Waals surface area contributed by atoms with Crippen molar-refractivity contribution in [3.63, 3.8) is 0 Å². The first-order chi connectivity index (χ1) is 15.8. The molecule has 0 aliphatic carbocycles. The molecule has 1 unspecified atom stereocenters. The van der Waals surface area contributed by atoms with Crippen LogP contribution in [0.2, 0.25) is 0 Å². The maximum atomic E-state index is 13.6. The summed E-state index contributed by atoms with van der Waals surface area (Å²) < 4.78 is 64.1. The number of benzene rings is 1. The van der Waals surface area contributed by atoms with Gasteiger partial charge in [-0.25, -0.2) is 9.97 Å². The fraction of sp³-hybridized carbons (Fsp3) is 0.522. The minimum absolute atomic E-state index is 0.0491. The van der Waals surface area contributed by atoms with Gasteiger partial charge >= 0.3 is 6.18 Å². The van der Waals surface area contributed by atoms with Crippen LogP contribution in [0.1, 0.15) is 44.5 Å². The Labute approximate surface area is 198 Å². The van der Waals surface area contributed by atoms with Gasteiger partial charge in [0.15, 0.2) is 5.69 Å². The smallest absolute Gasteiger partial charge is 0.434 e. The molecule has 0 bridgehead atoms. The number of hydrogen-bond acceptors (Lipinski definition) is 6. The third kappa shape index (κ3) is 3.83. The number of aryl methyl sites for hydroxylation is 1. The number of alkyl halides is 3. The van der Waals surface area contributed by atoms with Gasteiger partial charge in [0.1, 0.15) is 21.8 Å². The minimum atomic E-state index is -4.58. The molecule has 2 saturated heterocycles. The molecule has 2 aliphatic rings. The minimum Gasteiger partial charge on any atom is -0.591 e. The normalized spacial score (nSPS) is 19.6. The number of halogens is 3. The van der Waals surface area contributed by atoms with E-state index >= 15 is 0 Å². The van der Waals surface area contributed by atoms with Gasteiger partial charge in [-0.3, -0.25) is 4.40 Å². The summed E-state index contributed by atoms with van der Waals surface area (Å²) in [5.41, 5.74) is 1.73. The van der Waals surface area contributed by atoms with E-state index in [2.05, 4.69) is 9.38 Å². The SMILES string of the molecule is CC(=N[S+]([O-])C(C)(C)C)c1cc(C)cc2c1nc(N1CC3(COC3)C1)n1cc(C(F)(F)F)nc21. The Morgan fingerprint density at radius 1 is 1.18 bits per heavy atom. The fourth-order valence-corrected chi connectivity index (χ4v) is 4.99. The Morgan fingerprint density at radius 2 is 1.85 bits per heavy atom. The summed E-state index contributed by atoms with van der Waals surface area (Å²) in [6.45, 7) is 11.7. The second-order valence-electron chi connectivity index (χ2n) is 10.3. The highest BCUT2D eigenvalue weighted by molar-refractivity contribution is 7.91. The monoisotopic (exact) mass is 493 g/mol. The molecule has 0 amide bonds. The summed E-state index contributed by atoms with van der Waals surface area (Å²) in [5, 5.41) is 0.493. The molecule has 7 nitrogen and oxygen atoms in total. The lowest BCUT2D eigenvalue weighted by molar-refractivity contribution is -0.140. The summed E-state index contributed by atoms with van der Waals surface area (Å²) in [7, 11) is 0. The first-order valence-corrected chi connectivity index (χ1v) is 12.1. The average molecular weight is 494 g/mol. The number of aromatic nitrogens is 3. The van der Waals surface area contributed by atoms with Crippen molar-refractivity contribution in [2.75, 3.05) is 31.2 Å². The molecule has 1 spiro atoms. The van der Waals surface area contributed by atoms with Gasteiger partial charge in [0.05, 0.1) is 29.9 Å². The lowest BCUT2D eigenvalue weighted by Crippen LogP contribution is -2.66. The van der Waals surface area contributed by atoms with Crippen molar-refractivity contribution in [3.8, 4) is 0 Å². The molecule has 182 valence electrons. The highest BCUT2D eigenvalue weighted by Gasteiger charge is 2.50. The highest BCUT2D eigenvalue weighted by atomic mass is 32.2. The first kappa shape index (κ1) is 23.4. The van der Waals surface area contributed by atoms with Gasteiger partial charge in [0.2, 0.25) is 5.95 Å². The van der Waals surface area contributed by atoms with Crippen molar-refractivity contribution in [1.82, 2.24) is 14.4 Å². The molecule has 34 heavy (non-hydrogen) atoms. The topological polar surface area (TPSA) is 78.1 Å². The standard InChI is InChI=1S/C23H26F3N5O2S/c1-13-6-15(14(2)29-34(32)21(3,4)5)18-16(7-13)19-27-17(23(24,25)26)8-31(19)20(28-18)30-9-22(10-30)11-33-12-22/h6-8H,9-12H2,1-5H3. The summed E-state index contributed by atoms with van der Waals surface area (Å²) in [4.78, 5) is 10.8. The largest absolute Gasteiger partial charge is 0.591 e. The number of hydrogen-bond donors (Lipinski definition) is 0. The molecule has 3 aromatic rings. The van der Waals surface area contributed by atoms with Crippen LogP contribution in [-0.2, 0) is 22.3 Å². The van der Waals surface area contributed by atoms with Crippen LogP contribution in [0.4, 0.5) is 19.1 Å². The molecule has 0 saturated carbocycles. The fourth-order valence-electron chi connectivity index (χ4n) is 4.37. The van der Waals surface area contributed by atoms with E-state index < -0.39 is 28.0 Å². The molecule has 1 atom stereocenters. The van der Waals surface area contributed by atoms with Crippen LogP contribution in [-0.4, -0.2) is 55.7 Å². The summed E-state index contributed by atoms with van der Waals surface area (Å²) >= 11 is -1.49. The molecule has 4 heterocycles. The van der Waals surface area contributed by atoms with E-state index in [1.807, 2.05) is 38.7 Å². The second kappa shape index (κ2) is 7.56. The molecule has 1 aromatic carbocycles. The van der Waals surface area contributed by atoms with Gasteiger partial charge in [-0.05, 0) is 52.3 Å². The maximum absolute atomic E-state index is 13.6. The van der Waals surface area contributed by atoms with Crippen LogP contribution in [0.3, 0.4) is 0 Å². The number of imidazole rings is 1. The summed E-state index contributed by atoms with van der Waals surface area (Å²) in [5.74, 6) is 0.401. The number of rotatable bonds is 3. The third-order valence-electron chi connectivity index (χ3n) is 6.20. The quantitative estimate of drug-likeness (QED) is 0.401. The van der Waals surface area contributed by atoms with E-state index in [-0.39, 0.29) is 11.1 Å². The molecule has 2 aromatic heterocycles. The maximum Gasteiger partial charge on any atom is 0.434 e. The Kier molecular flexibility index (Phi) is 5.20. The zero-order valence-corrected chi connectivity index (χ0v) is 20.5. The van der Waals surface area contributed by atoms with Crippen LogP contribution in [0.25, 0.3) is 16.6 Å². The molecule has 11 heteroatoms. The van der Waals surface area contributed by atoms with Crippen LogP contribution in [0, 0.1) is 12.3 Å². The van der Waals surface area contributed by atoms with Crippen LogP contribution < -0.4 is 4.90 Å². The van der Waals surface area contributed by atoms with E-state index in [0.29, 0.717) is 54.4 Å². The molecule has 2 fully saturated rings. The molecule has 5 rings (SSSR count). The van der Waals surface area contributed by atoms with Crippen molar-refractivity contribution in [2.45, 2.75) is 45.5 Å². The van der Waals surface area contributed by atoms with E-state index in [1.165, 1.54) is 4.40 Å². The van der Waals surface area contributed by atoms with E-state index in [4.69, 9.17) is 9.72 Å².